The van der Waals surface area contributed by atoms with Gasteiger partial charge in [-0.2, -0.15) is 0 Å². The first-order chi connectivity index (χ1) is 9.52. The molecule has 0 radical (unpaired) electrons. The van der Waals surface area contributed by atoms with Gasteiger partial charge in [0.2, 0.25) is 5.91 Å². The zero-order valence-electron chi connectivity index (χ0n) is 12.1. The van der Waals surface area contributed by atoms with Crippen LogP contribution in [-0.4, -0.2) is 24.6 Å². The van der Waals surface area contributed by atoms with Gasteiger partial charge in [-0.1, -0.05) is 13.8 Å². The standard InChI is InChI=1S/C14H22N2O4/c1-4-19-14(18)16-12(8-10(2)3)13(17)15-9-11-6-5-7-20-11/h5-7,10,12H,4,8-9H2,1-3H3,(H,15,17)(H,16,18)/t12-/m1/s1. The minimum Gasteiger partial charge on any atom is -0.467 e. The minimum atomic E-state index is -0.607. The Bertz CT molecular complexity index is 415. The third-order valence-corrected chi connectivity index (χ3v) is 2.61. The predicted octanol–water partition coefficient (Wildman–Crippen LogP) is 2.06. The molecule has 1 aromatic heterocycles. The average Bonchev–Trinajstić information content (AvgIpc) is 2.88. The number of hydrogen-bond acceptors (Lipinski definition) is 4. The fourth-order valence-corrected chi connectivity index (χ4v) is 1.73. The van der Waals surface area contributed by atoms with Crippen LogP contribution in [0.5, 0.6) is 0 Å². The Kier molecular flexibility index (Phi) is 6.63. The molecule has 112 valence electrons. The summed E-state index contributed by atoms with van der Waals surface area (Å²) in [5.74, 6) is 0.692. The van der Waals surface area contributed by atoms with Gasteiger partial charge in [-0.25, -0.2) is 4.79 Å². The van der Waals surface area contributed by atoms with Gasteiger partial charge < -0.3 is 19.8 Å². The highest BCUT2D eigenvalue weighted by Crippen LogP contribution is 2.06. The molecule has 1 heterocycles. The van der Waals surface area contributed by atoms with E-state index >= 15 is 0 Å². The van der Waals surface area contributed by atoms with Crippen LogP contribution in [0, 0.1) is 5.92 Å². The number of carbonyl (C=O) groups excluding carboxylic acids is 2. The van der Waals surface area contributed by atoms with Crippen molar-refractivity contribution < 1.29 is 18.7 Å². The Labute approximate surface area is 118 Å². The molecule has 0 saturated carbocycles. The highest BCUT2D eigenvalue weighted by Gasteiger charge is 2.22. The maximum absolute atomic E-state index is 12.1. The van der Waals surface area contributed by atoms with Gasteiger partial charge >= 0.3 is 6.09 Å². The molecule has 0 aliphatic rings. The van der Waals surface area contributed by atoms with Gasteiger partial charge in [0.05, 0.1) is 19.4 Å². The molecule has 0 unspecified atom stereocenters. The number of alkyl carbamates (subject to hydrolysis) is 1. The molecule has 1 atom stereocenters. The highest BCUT2D eigenvalue weighted by atomic mass is 16.5. The van der Waals surface area contributed by atoms with Crippen LogP contribution in [-0.2, 0) is 16.1 Å². The second-order valence-corrected chi connectivity index (χ2v) is 4.84. The van der Waals surface area contributed by atoms with E-state index in [1.807, 2.05) is 13.8 Å². The predicted molar refractivity (Wildman–Crippen MR) is 74.0 cm³/mol. The van der Waals surface area contributed by atoms with E-state index in [-0.39, 0.29) is 18.4 Å². The van der Waals surface area contributed by atoms with Crippen molar-refractivity contribution in [3.8, 4) is 0 Å². The van der Waals surface area contributed by atoms with Gasteiger partial charge in [0.25, 0.3) is 0 Å². The van der Waals surface area contributed by atoms with E-state index in [4.69, 9.17) is 9.15 Å². The van der Waals surface area contributed by atoms with Crippen molar-refractivity contribution in [2.75, 3.05) is 6.61 Å². The van der Waals surface area contributed by atoms with Gasteiger partial charge in [0.15, 0.2) is 0 Å². The largest absolute Gasteiger partial charge is 0.467 e. The van der Waals surface area contributed by atoms with E-state index in [2.05, 4.69) is 10.6 Å². The molecule has 2 amide bonds. The van der Waals surface area contributed by atoms with Crippen LogP contribution in [0.1, 0.15) is 33.0 Å². The van der Waals surface area contributed by atoms with Crippen molar-refractivity contribution in [2.45, 2.75) is 39.8 Å². The molecule has 1 rings (SSSR count). The van der Waals surface area contributed by atoms with Crippen molar-refractivity contribution in [3.05, 3.63) is 24.2 Å². The molecule has 6 nitrogen and oxygen atoms in total. The fourth-order valence-electron chi connectivity index (χ4n) is 1.73. The quantitative estimate of drug-likeness (QED) is 0.802. The van der Waals surface area contributed by atoms with Crippen LogP contribution in [0.3, 0.4) is 0 Å². The second kappa shape index (κ2) is 8.24. The molecular weight excluding hydrogens is 260 g/mol. The minimum absolute atomic E-state index is 0.247. The number of furan rings is 1. The molecule has 0 saturated heterocycles. The summed E-state index contributed by atoms with van der Waals surface area (Å²) in [5.41, 5.74) is 0. The molecule has 2 N–H and O–H groups in total. The molecule has 0 aliphatic carbocycles. The maximum atomic E-state index is 12.1. The molecule has 6 heteroatoms. The zero-order chi connectivity index (χ0) is 15.0. The third-order valence-electron chi connectivity index (χ3n) is 2.61. The lowest BCUT2D eigenvalue weighted by Gasteiger charge is -2.19. The van der Waals surface area contributed by atoms with E-state index in [0.29, 0.717) is 18.7 Å². The van der Waals surface area contributed by atoms with Crippen molar-refractivity contribution >= 4 is 12.0 Å². The molecular formula is C14H22N2O4. The van der Waals surface area contributed by atoms with Gasteiger partial charge in [0.1, 0.15) is 11.8 Å². The van der Waals surface area contributed by atoms with E-state index < -0.39 is 12.1 Å². The average molecular weight is 282 g/mol. The van der Waals surface area contributed by atoms with Crippen LogP contribution >= 0.6 is 0 Å². The van der Waals surface area contributed by atoms with Crippen molar-refractivity contribution in [1.29, 1.82) is 0 Å². The number of hydrogen-bond donors (Lipinski definition) is 2. The fraction of sp³-hybridized carbons (Fsp3) is 0.571. The summed E-state index contributed by atoms with van der Waals surface area (Å²) in [6.07, 6.45) is 1.51. The Morgan fingerprint density at radius 1 is 1.40 bits per heavy atom. The maximum Gasteiger partial charge on any atom is 0.407 e. The summed E-state index contributed by atoms with van der Waals surface area (Å²) in [6, 6.07) is 2.92. The molecule has 1 aromatic rings. The normalized spacial score (nSPS) is 12.0. The number of amides is 2. The van der Waals surface area contributed by atoms with E-state index in [1.165, 1.54) is 0 Å². The molecule has 20 heavy (non-hydrogen) atoms. The van der Waals surface area contributed by atoms with E-state index in [0.717, 1.165) is 0 Å². The van der Waals surface area contributed by atoms with Crippen molar-refractivity contribution in [2.24, 2.45) is 5.92 Å². The molecule has 0 fully saturated rings. The van der Waals surface area contributed by atoms with Gasteiger partial charge in [-0.05, 0) is 31.4 Å². The summed E-state index contributed by atoms with van der Waals surface area (Å²) >= 11 is 0. The Morgan fingerprint density at radius 2 is 2.15 bits per heavy atom. The lowest BCUT2D eigenvalue weighted by Crippen LogP contribution is -2.47. The van der Waals surface area contributed by atoms with Crippen LogP contribution in [0.15, 0.2) is 22.8 Å². The second-order valence-electron chi connectivity index (χ2n) is 4.84. The van der Waals surface area contributed by atoms with E-state index in [9.17, 15) is 9.59 Å². The third kappa shape index (κ3) is 5.77. The van der Waals surface area contributed by atoms with Gasteiger partial charge in [0, 0.05) is 0 Å². The van der Waals surface area contributed by atoms with Crippen molar-refractivity contribution in [3.63, 3.8) is 0 Å². The summed E-state index contributed by atoms with van der Waals surface area (Å²) < 4.78 is 9.94. The van der Waals surface area contributed by atoms with Crippen LogP contribution in [0.2, 0.25) is 0 Å². The number of carbonyl (C=O) groups is 2. The van der Waals surface area contributed by atoms with Crippen LogP contribution in [0.25, 0.3) is 0 Å². The Hall–Kier alpha value is -1.98. The van der Waals surface area contributed by atoms with Gasteiger partial charge in [-0.3, -0.25) is 4.79 Å². The first-order valence-electron chi connectivity index (χ1n) is 6.76. The lowest BCUT2D eigenvalue weighted by molar-refractivity contribution is -0.123. The number of ether oxygens (including phenoxy) is 1. The van der Waals surface area contributed by atoms with Crippen molar-refractivity contribution in [1.82, 2.24) is 10.6 Å². The molecule has 0 aromatic carbocycles. The summed E-state index contributed by atoms with van der Waals surface area (Å²) in [5, 5.41) is 5.31. The zero-order valence-corrected chi connectivity index (χ0v) is 12.1. The summed E-state index contributed by atoms with van der Waals surface area (Å²) in [7, 11) is 0. The first kappa shape index (κ1) is 16.1. The SMILES string of the molecule is CCOC(=O)N[C@H](CC(C)C)C(=O)NCc1ccco1. The highest BCUT2D eigenvalue weighted by molar-refractivity contribution is 5.85. The lowest BCUT2D eigenvalue weighted by atomic mass is 10.0. The number of rotatable bonds is 7. The number of nitrogens with one attached hydrogen (secondary N) is 2. The van der Waals surface area contributed by atoms with E-state index in [1.54, 1.807) is 25.3 Å². The molecule has 0 spiro atoms. The smallest absolute Gasteiger partial charge is 0.407 e. The van der Waals surface area contributed by atoms with Gasteiger partial charge in [-0.15, -0.1) is 0 Å². The topological polar surface area (TPSA) is 80.6 Å². The Morgan fingerprint density at radius 3 is 2.70 bits per heavy atom. The molecule has 0 aliphatic heterocycles. The summed E-state index contributed by atoms with van der Waals surface area (Å²) in [6.45, 7) is 6.26. The van der Waals surface area contributed by atoms with Crippen LogP contribution in [0.4, 0.5) is 4.79 Å². The first-order valence-corrected chi connectivity index (χ1v) is 6.76. The Balaban J connectivity index is 2.52. The monoisotopic (exact) mass is 282 g/mol. The summed E-state index contributed by atoms with van der Waals surface area (Å²) in [4.78, 5) is 23.5. The molecule has 0 bridgehead atoms. The van der Waals surface area contributed by atoms with Crippen LogP contribution < -0.4 is 10.6 Å².